The molecule has 6 nitrogen and oxygen atoms in total. The van der Waals surface area contributed by atoms with Crippen molar-refractivity contribution in [1.82, 2.24) is 4.90 Å². The smallest absolute Gasteiger partial charge is 0.295 e. The van der Waals surface area contributed by atoms with Gasteiger partial charge in [0.1, 0.15) is 23.3 Å². The summed E-state index contributed by atoms with van der Waals surface area (Å²) in [5, 5.41) is 11.3. The molecule has 0 aliphatic carbocycles. The van der Waals surface area contributed by atoms with E-state index in [2.05, 4.69) is 6.92 Å². The van der Waals surface area contributed by atoms with Gasteiger partial charge in [-0.05, 0) is 36.8 Å². The van der Waals surface area contributed by atoms with Crippen LogP contribution in [0, 0.1) is 0 Å². The minimum atomic E-state index is -0.770. The Morgan fingerprint density at radius 3 is 2.71 bits per heavy atom. The lowest BCUT2D eigenvalue weighted by Gasteiger charge is -2.23. The number of benzene rings is 1. The van der Waals surface area contributed by atoms with Gasteiger partial charge in [-0.1, -0.05) is 31.4 Å². The molecule has 0 radical (unpaired) electrons. The second kappa shape index (κ2) is 8.52. The first-order chi connectivity index (χ1) is 13.5. The number of aliphatic hydroxyl groups is 1. The van der Waals surface area contributed by atoms with Crippen molar-refractivity contribution in [3.63, 3.8) is 0 Å². The Kier molecular flexibility index (Phi) is 6.09. The Hall–Kier alpha value is -2.73. The second-order valence-electron chi connectivity index (χ2n) is 6.56. The predicted molar refractivity (Wildman–Crippen MR) is 105 cm³/mol. The van der Waals surface area contributed by atoms with Crippen molar-refractivity contribution in [1.29, 1.82) is 0 Å². The summed E-state index contributed by atoms with van der Waals surface area (Å²) in [7, 11) is 1.46. The number of amides is 1. The van der Waals surface area contributed by atoms with Crippen molar-refractivity contribution in [2.75, 3.05) is 13.7 Å². The van der Waals surface area contributed by atoms with Gasteiger partial charge in [0.05, 0.1) is 24.0 Å². The van der Waals surface area contributed by atoms with E-state index in [0.29, 0.717) is 28.6 Å². The van der Waals surface area contributed by atoms with Crippen LogP contribution in [0.25, 0.3) is 5.76 Å². The fraction of sp³-hybridized carbons (Fsp3) is 0.333. The van der Waals surface area contributed by atoms with E-state index in [-0.39, 0.29) is 11.3 Å². The van der Waals surface area contributed by atoms with Crippen LogP contribution in [0.4, 0.5) is 0 Å². The highest BCUT2D eigenvalue weighted by molar-refractivity contribution is 6.46. The lowest BCUT2D eigenvalue weighted by molar-refractivity contribution is -0.140. The number of carbonyl (C=O) groups is 2. The van der Waals surface area contributed by atoms with Crippen LogP contribution in [0.1, 0.15) is 43.6 Å². The number of rotatable bonds is 7. The molecule has 1 aliphatic rings. The molecule has 2 heterocycles. The monoisotopic (exact) mass is 403 g/mol. The molecular formula is C21H22ClNO5. The Morgan fingerprint density at radius 2 is 2.07 bits per heavy atom. The van der Waals surface area contributed by atoms with Crippen LogP contribution in [0.3, 0.4) is 0 Å². The Morgan fingerprint density at radius 1 is 1.29 bits per heavy atom. The predicted octanol–water partition coefficient (Wildman–Crippen LogP) is 4.55. The van der Waals surface area contributed by atoms with Crippen LogP contribution in [0.15, 0.2) is 46.6 Å². The molecule has 1 N–H and O–H groups in total. The first kappa shape index (κ1) is 20.0. The number of aliphatic hydroxyl groups excluding tert-OH is 1. The molecule has 1 aromatic carbocycles. The molecule has 1 unspecified atom stereocenters. The van der Waals surface area contributed by atoms with Gasteiger partial charge < -0.3 is 19.2 Å². The van der Waals surface area contributed by atoms with E-state index in [1.54, 1.807) is 24.3 Å². The molecule has 0 spiro atoms. The minimum Gasteiger partial charge on any atom is -0.507 e. The Bertz CT molecular complexity index is 904. The number of carbonyl (C=O) groups excluding carboxylic acids is 2. The van der Waals surface area contributed by atoms with Gasteiger partial charge in [-0.2, -0.15) is 0 Å². The molecule has 0 bridgehead atoms. The summed E-state index contributed by atoms with van der Waals surface area (Å²) in [6.07, 6.45) is 4.16. The minimum absolute atomic E-state index is 0.000763. The maximum Gasteiger partial charge on any atom is 0.295 e. The van der Waals surface area contributed by atoms with E-state index in [1.807, 2.05) is 0 Å². The highest BCUT2D eigenvalue weighted by atomic mass is 35.5. The van der Waals surface area contributed by atoms with Gasteiger partial charge in [-0.25, -0.2) is 0 Å². The zero-order valence-electron chi connectivity index (χ0n) is 15.8. The third-order valence-corrected chi connectivity index (χ3v) is 5.09. The number of ketones is 1. The summed E-state index contributed by atoms with van der Waals surface area (Å²) in [5.41, 5.74) is 0.338. The van der Waals surface area contributed by atoms with E-state index in [9.17, 15) is 14.7 Å². The van der Waals surface area contributed by atoms with Crippen LogP contribution in [-0.4, -0.2) is 35.4 Å². The molecule has 7 heteroatoms. The standard InChI is InChI=1S/C21H22ClNO5/c1-3-4-5-10-23-18(15-7-6-11-28-15)17(20(25)21(23)26)19(24)13-8-9-14(22)16(12-13)27-2/h6-9,11-12,18,24H,3-5,10H2,1-2H3/b19-17-. The normalized spacial score (nSPS) is 18.7. The number of ether oxygens (including phenoxy) is 1. The van der Waals surface area contributed by atoms with Crippen molar-refractivity contribution in [2.45, 2.75) is 32.2 Å². The number of methoxy groups -OCH3 is 1. The summed E-state index contributed by atoms with van der Waals surface area (Å²) in [6, 6.07) is 7.28. The van der Waals surface area contributed by atoms with Gasteiger partial charge in [0, 0.05) is 12.1 Å². The van der Waals surface area contributed by atoms with Crippen molar-refractivity contribution < 1.29 is 23.8 Å². The van der Waals surface area contributed by atoms with Crippen LogP contribution in [0.2, 0.25) is 5.02 Å². The number of Topliss-reactive ketones (excluding diaryl/α,β-unsaturated/α-hetero) is 1. The lowest BCUT2D eigenvalue weighted by Crippen LogP contribution is -2.30. The van der Waals surface area contributed by atoms with E-state index in [1.165, 1.54) is 24.3 Å². The Labute approximate surface area is 168 Å². The number of likely N-dealkylation sites (tertiary alicyclic amines) is 1. The number of hydrogen-bond acceptors (Lipinski definition) is 5. The summed E-state index contributed by atoms with van der Waals surface area (Å²) in [4.78, 5) is 26.9. The zero-order valence-corrected chi connectivity index (χ0v) is 16.5. The zero-order chi connectivity index (χ0) is 20.3. The van der Waals surface area contributed by atoms with Crippen molar-refractivity contribution in [3.8, 4) is 5.75 Å². The number of halogens is 1. The number of furan rings is 1. The van der Waals surface area contributed by atoms with Crippen LogP contribution in [0.5, 0.6) is 5.75 Å². The molecule has 1 atom stereocenters. The molecule has 1 fully saturated rings. The third-order valence-electron chi connectivity index (χ3n) is 4.78. The number of nitrogens with zero attached hydrogens (tertiary/aromatic N) is 1. The second-order valence-corrected chi connectivity index (χ2v) is 6.97. The average molecular weight is 404 g/mol. The molecule has 2 aromatic rings. The largest absolute Gasteiger partial charge is 0.507 e. The van der Waals surface area contributed by atoms with Crippen LogP contribution < -0.4 is 4.74 Å². The fourth-order valence-corrected chi connectivity index (χ4v) is 3.54. The molecular weight excluding hydrogens is 382 g/mol. The molecule has 1 aliphatic heterocycles. The summed E-state index contributed by atoms with van der Waals surface area (Å²) in [6.45, 7) is 2.47. The highest BCUT2D eigenvalue weighted by Crippen LogP contribution is 2.40. The molecule has 3 rings (SSSR count). The molecule has 1 saturated heterocycles. The van der Waals surface area contributed by atoms with Gasteiger partial charge in [-0.15, -0.1) is 0 Å². The Balaban J connectivity index is 2.09. The number of unbranched alkanes of at least 4 members (excludes halogenated alkanes) is 2. The average Bonchev–Trinajstić information content (AvgIpc) is 3.30. The fourth-order valence-electron chi connectivity index (χ4n) is 3.35. The van der Waals surface area contributed by atoms with Gasteiger partial charge in [0.15, 0.2) is 0 Å². The van der Waals surface area contributed by atoms with Crippen molar-refractivity contribution >= 4 is 29.1 Å². The quantitative estimate of drug-likeness (QED) is 0.317. The SMILES string of the molecule is CCCCCN1C(=O)C(=O)/C(=C(\O)c2ccc(Cl)c(OC)c2)C1c1ccco1. The van der Waals surface area contributed by atoms with E-state index in [4.69, 9.17) is 20.8 Å². The van der Waals surface area contributed by atoms with Crippen molar-refractivity contribution in [3.05, 3.63) is 58.5 Å². The molecule has 148 valence electrons. The number of hydrogen-bond donors (Lipinski definition) is 1. The summed E-state index contributed by atoms with van der Waals surface area (Å²) >= 11 is 6.05. The molecule has 0 saturated carbocycles. The van der Waals surface area contributed by atoms with Gasteiger partial charge in [-0.3, -0.25) is 9.59 Å². The summed E-state index contributed by atoms with van der Waals surface area (Å²) in [5.74, 6) is -0.868. The van der Waals surface area contributed by atoms with Crippen LogP contribution >= 0.6 is 11.6 Å². The topological polar surface area (TPSA) is 80.0 Å². The van der Waals surface area contributed by atoms with E-state index >= 15 is 0 Å². The maximum atomic E-state index is 12.8. The third kappa shape index (κ3) is 3.64. The van der Waals surface area contributed by atoms with Gasteiger partial charge in [0.2, 0.25) is 0 Å². The van der Waals surface area contributed by atoms with Crippen molar-refractivity contribution in [2.24, 2.45) is 0 Å². The lowest BCUT2D eigenvalue weighted by atomic mass is 9.99. The first-order valence-corrected chi connectivity index (χ1v) is 9.53. The van der Waals surface area contributed by atoms with Gasteiger partial charge in [0.25, 0.3) is 11.7 Å². The maximum absolute atomic E-state index is 12.8. The molecule has 28 heavy (non-hydrogen) atoms. The molecule has 1 amide bonds. The van der Waals surface area contributed by atoms with Gasteiger partial charge >= 0.3 is 0 Å². The first-order valence-electron chi connectivity index (χ1n) is 9.15. The van der Waals surface area contributed by atoms with E-state index < -0.39 is 17.7 Å². The summed E-state index contributed by atoms with van der Waals surface area (Å²) < 4.78 is 10.7. The highest BCUT2D eigenvalue weighted by Gasteiger charge is 2.47. The molecule has 1 aromatic heterocycles. The van der Waals surface area contributed by atoms with Crippen LogP contribution in [-0.2, 0) is 9.59 Å². The van der Waals surface area contributed by atoms with E-state index in [0.717, 1.165) is 19.3 Å².